The van der Waals surface area contributed by atoms with Gasteiger partial charge in [0.2, 0.25) is 5.91 Å². The maximum Gasteiger partial charge on any atom is 0.237 e. The summed E-state index contributed by atoms with van der Waals surface area (Å²) in [5.41, 5.74) is 10.9. The number of amides is 1. The lowest BCUT2D eigenvalue weighted by Gasteiger charge is -2.44. The number of piperidine rings is 1. The van der Waals surface area contributed by atoms with Gasteiger partial charge >= 0.3 is 0 Å². The molecule has 0 bridgehead atoms. The van der Waals surface area contributed by atoms with Gasteiger partial charge in [0.05, 0.1) is 5.54 Å². The summed E-state index contributed by atoms with van der Waals surface area (Å²) in [6.45, 7) is 2.30. The molecule has 1 amide bonds. The van der Waals surface area contributed by atoms with Crippen LogP contribution in [-0.4, -0.2) is 60.5 Å². The number of carbonyl (C=O) groups is 1. The van der Waals surface area contributed by atoms with Crippen LogP contribution in [0.15, 0.2) is 0 Å². The normalized spacial score (nSPS) is 37.5. The van der Waals surface area contributed by atoms with Crippen LogP contribution in [-0.2, 0) is 4.79 Å². The number of hydrogen-bond donors (Lipinski definition) is 2. The summed E-state index contributed by atoms with van der Waals surface area (Å²) in [7, 11) is 4.36. The third-order valence-electron chi connectivity index (χ3n) is 5.00. The van der Waals surface area contributed by atoms with E-state index < -0.39 is 5.54 Å². The number of likely N-dealkylation sites (tertiary alicyclic amines) is 1. The standard InChI is InChI=1S/C14H28N4O/c1-17-8-4-6-12(10-17)18(2)11-5-3-7-14(16,9-11)13(15)19/h11-12H,3-10,16H2,1-2H3,(H2,15,19). The Labute approximate surface area is 116 Å². The monoisotopic (exact) mass is 268 g/mol. The number of rotatable bonds is 3. The highest BCUT2D eigenvalue weighted by Gasteiger charge is 2.40. The van der Waals surface area contributed by atoms with E-state index in [4.69, 9.17) is 11.5 Å². The van der Waals surface area contributed by atoms with Crippen LogP contribution in [0.4, 0.5) is 0 Å². The van der Waals surface area contributed by atoms with Crippen LogP contribution >= 0.6 is 0 Å². The van der Waals surface area contributed by atoms with Crippen molar-refractivity contribution < 1.29 is 4.79 Å². The van der Waals surface area contributed by atoms with Crippen molar-refractivity contribution in [3.8, 4) is 0 Å². The highest BCUT2D eigenvalue weighted by molar-refractivity contribution is 5.84. The molecule has 2 aliphatic rings. The number of hydrogen-bond acceptors (Lipinski definition) is 4. The Morgan fingerprint density at radius 2 is 2.00 bits per heavy atom. The van der Waals surface area contributed by atoms with E-state index in [0.717, 1.165) is 25.8 Å². The van der Waals surface area contributed by atoms with Gasteiger partial charge in [0.1, 0.15) is 0 Å². The summed E-state index contributed by atoms with van der Waals surface area (Å²) in [6, 6.07) is 0.974. The van der Waals surface area contributed by atoms with Crippen molar-refractivity contribution in [2.24, 2.45) is 11.5 Å². The van der Waals surface area contributed by atoms with Crippen LogP contribution in [0, 0.1) is 0 Å². The van der Waals surface area contributed by atoms with Crippen molar-refractivity contribution in [3.63, 3.8) is 0 Å². The fourth-order valence-electron chi connectivity index (χ4n) is 3.62. The second-order valence-corrected chi connectivity index (χ2v) is 6.49. The summed E-state index contributed by atoms with van der Waals surface area (Å²) >= 11 is 0. The first-order chi connectivity index (χ1) is 8.92. The van der Waals surface area contributed by atoms with Gasteiger partial charge in [-0.15, -0.1) is 0 Å². The topological polar surface area (TPSA) is 75.6 Å². The molecule has 1 aliphatic heterocycles. The van der Waals surface area contributed by atoms with E-state index in [1.165, 1.54) is 19.4 Å². The molecule has 4 N–H and O–H groups in total. The summed E-state index contributed by atoms with van der Waals surface area (Å²) in [5.74, 6) is -0.341. The maximum absolute atomic E-state index is 11.5. The van der Waals surface area contributed by atoms with Gasteiger partial charge in [-0.2, -0.15) is 0 Å². The Morgan fingerprint density at radius 3 is 2.63 bits per heavy atom. The lowest BCUT2D eigenvalue weighted by atomic mass is 9.78. The van der Waals surface area contributed by atoms with E-state index in [1.54, 1.807) is 0 Å². The maximum atomic E-state index is 11.5. The minimum absolute atomic E-state index is 0.341. The Hall–Kier alpha value is -0.650. The number of carbonyl (C=O) groups excluding carboxylic acids is 1. The van der Waals surface area contributed by atoms with Crippen LogP contribution in [0.1, 0.15) is 38.5 Å². The molecule has 0 radical (unpaired) electrons. The molecule has 0 aromatic carbocycles. The molecule has 0 aromatic heterocycles. The Bertz CT molecular complexity index is 335. The second-order valence-electron chi connectivity index (χ2n) is 6.49. The lowest BCUT2D eigenvalue weighted by Crippen LogP contribution is -2.59. The van der Waals surface area contributed by atoms with Crippen molar-refractivity contribution in [1.82, 2.24) is 9.80 Å². The molecule has 2 fully saturated rings. The second kappa shape index (κ2) is 5.77. The van der Waals surface area contributed by atoms with E-state index in [-0.39, 0.29) is 5.91 Å². The quantitative estimate of drug-likeness (QED) is 0.763. The fourth-order valence-corrected chi connectivity index (χ4v) is 3.62. The van der Waals surface area contributed by atoms with E-state index in [0.29, 0.717) is 18.5 Å². The molecule has 5 nitrogen and oxygen atoms in total. The number of primary amides is 1. The Balaban J connectivity index is 1.98. The highest BCUT2D eigenvalue weighted by atomic mass is 16.1. The summed E-state index contributed by atoms with van der Waals surface area (Å²) in [5, 5.41) is 0. The SMILES string of the molecule is CN1CCCC(N(C)C2CCCC(N)(C(N)=O)C2)C1. The first-order valence-electron chi connectivity index (χ1n) is 7.41. The summed E-state index contributed by atoms with van der Waals surface area (Å²) < 4.78 is 0. The zero-order valence-electron chi connectivity index (χ0n) is 12.3. The minimum Gasteiger partial charge on any atom is -0.368 e. The van der Waals surface area contributed by atoms with Crippen LogP contribution in [0.2, 0.25) is 0 Å². The predicted molar refractivity (Wildman–Crippen MR) is 76.7 cm³/mol. The largest absolute Gasteiger partial charge is 0.368 e. The summed E-state index contributed by atoms with van der Waals surface area (Å²) in [6.07, 6.45) is 6.06. The van der Waals surface area contributed by atoms with Gasteiger partial charge in [-0.25, -0.2) is 0 Å². The molecule has 3 atom stereocenters. The molecule has 19 heavy (non-hydrogen) atoms. The molecule has 1 aliphatic carbocycles. The molecular formula is C14H28N4O. The average Bonchev–Trinajstić information content (AvgIpc) is 2.38. The molecule has 0 spiro atoms. The molecule has 1 heterocycles. The number of nitrogens with two attached hydrogens (primary N) is 2. The van der Waals surface area contributed by atoms with Gasteiger partial charge in [-0.3, -0.25) is 9.69 Å². The predicted octanol–water partition coefficient (Wildman–Crippen LogP) is 0.138. The van der Waals surface area contributed by atoms with Crippen LogP contribution in [0.5, 0.6) is 0 Å². The number of nitrogens with zero attached hydrogens (tertiary/aromatic N) is 2. The van der Waals surface area contributed by atoms with Crippen molar-refractivity contribution in [2.45, 2.75) is 56.1 Å². The van der Waals surface area contributed by atoms with E-state index in [1.807, 2.05) is 0 Å². The average molecular weight is 268 g/mol. The zero-order valence-corrected chi connectivity index (χ0v) is 12.3. The number of likely N-dealkylation sites (N-methyl/N-ethyl adjacent to an activating group) is 2. The summed E-state index contributed by atoms with van der Waals surface area (Å²) in [4.78, 5) is 16.4. The fraction of sp³-hybridized carbons (Fsp3) is 0.929. The van der Waals surface area contributed by atoms with E-state index >= 15 is 0 Å². The smallest absolute Gasteiger partial charge is 0.237 e. The van der Waals surface area contributed by atoms with Crippen LogP contribution < -0.4 is 11.5 Å². The van der Waals surface area contributed by atoms with Crippen LogP contribution in [0.25, 0.3) is 0 Å². The van der Waals surface area contributed by atoms with Crippen LogP contribution in [0.3, 0.4) is 0 Å². The molecule has 1 saturated heterocycles. The minimum atomic E-state index is -0.794. The molecule has 5 heteroatoms. The van der Waals surface area contributed by atoms with Gasteiger partial charge in [0.15, 0.2) is 0 Å². The molecule has 2 rings (SSSR count). The van der Waals surface area contributed by atoms with E-state index in [9.17, 15) is 4.79 Å². The van der Waals surface area contributed by atoms with Crippen molar-refractivity contribution in [2.75, 3.05) is 27.2 Å². The molecule has 110 valence electrons. The Kier molecular flexibility index (Phi) is 4.48. The highest BCUT2D eigenvalue weighted by Crippen LogP contribution is 2.31. The van der Waals surface area contributed by atoms with Crippen molar-refractivity contribution in [3.05, 3.63) is 0 Å². The molecule has 3 unspecified atom stereocenters. The molecule has 1 saturated carbocycles. The van der Waals surface area contributed by atoms with Gasteiger partial charge in [-0.1, -0.05) is 0 Å². The van der Waals surface area contributed by atoms with Gasteiger partial charge < -0.3 is 16.4 Å². The van der Waals surface area contributed by atoms with Gasteiger partial charge in [-0.05, 0) is 59.2 Å². The molecular weight excluding hydrogens is 240 g/mol. The van der Waals surface area contributed by atoms with Gasteiger partial charge in [0, 0.05) is 18.6 Å². The van der Waals surface area contributed by atoms with Crippen molar-refractivity contribution in [1.29, 1.82) is 0 Å². The van der Waals surface area contributed by atoms with Crippen molar-refractivity contribution >= 4 is 5.91 Å². The molecule has 0 aromatic rings. The first kappa shape index (κ1) is 14.8. The van der Waals surface area contributed by atoms with Gasteiger partial charge in [0.25, 0.3) is 0 Å². The van der Waals surface area contributed by atoms with E-state index in [2.05, 4.69) is 23.9 Å². The zero-order chi connectivity index (χ0) is 14.0. The lowest BCUT2D eigenvalue weighted by molar-refractivity contribution is -0.125. The first-order valence-corrected chi connectivity index (χ1v) is 7.41. The third kappa shape index (κ3) is 3.27. The Morgan fingerprint density at radius 1 is 1.32 bits per heavy atom. The third-order valence-corrected chi connectivity index (χ3v) is 5.00.